The van der Waals surface area contributed by atoms with E-state index < -0.39 is 11.6 Å². The number of amides is 1. The van der Waals surface area contributed by atoms with Crippen molar-refractivity contribution in [1.82, 2.24) is 4.90 Å². The predicted octanol–water partition coefficient (Wildman–Crippen LogP) is 7.52. The van der Waals surface area contributed by atoms with Gasteiger partial charge in [-0.05, 0) is 72.9 Å². The van der Waals surface area contributed by atoms with E-state index in [1.807, 2.05) is 45.0 Å². The molecule has 4 aromatic rings. The minimum absolute atomic E-state index is 0.0741. The first-order chi connectivity index (χ1) is 21.6. The Balaban J connectivity index is 1.27. The first-order valence-corrected chi connectivity index (χ1v) is 15.2. The van der Waals surface area contributed by atoms with Gasteiger partial charge in [0, 0.05) is 18.5 Å². The van der Waals surface area contributed by atoms with E-state index >= 15 is 0 Å². The van der Waals surface area contributed by atoms with Gasteiger partial charge in [0.05, 0.1) is 39.0 Å². The minimum atomic E-state index is -0.576. The van der Waals surface area contributed by atoms with Crippen molar-refractivity contribution in [2.45, 2.75) is 58.0 Å². The highest BCUT2D eigenvalue weighted by Crippen LogP contribution is 2.33. The molecule has 2 unspecified atom stereocenters. The van der Waals surface area contributed by atoms with E-state index in [1.54, 1.807) is 23.1 Å². The molecule has 0 radical (unpaired) electrons. The third-order valence-corrected chi connectivity index (χ3v) is 7.85. The number of rotatable bonds is 9. The van der Waals surface area contributed by atoms with Crippen LogP contribution in [0.2, 0.25) is 0 Å². The first-order valence-electron chi connectivity index (χ1n) is 15.2. The van der Waals surface area contributed by atoms with Crippen molar-refractivity contribution in [2.24, 2.45) is 0 Å². The molecule has 0 aliphatic carbocycles. The van der Waals surface area contributed by atoms with Crippen molar-refractivity contribution in [3.8, 4) is 11.5 Å². The number of esters is 1. The molecule has 0 spiro atoms. The Labute approximate surface area is 264 Å². The number of methoxy groups -OCH3 is 2. The number of benzene rings is 4. The summed E-state index contributed by atoms with van der Waals surface area (Å²) in [4.78, 5) is 27.5. The van der Waals surface area contributed by atoms with Crippen LogP contribution >= 0.6 is 0 Å². The molecule has 8 nitrogen and oxygen atoms in total. The van der Waals surface area contributed by atoms with Crippen molar-refractivity contribution >= 4 is 22.8 Å². The van der Waals surface area contributed by atoms with Gasteiger partial charge in [0.15, 0.2) is 0 Å². The zero-order valence-electron chi connectivity index (χ0n) is 26.6. The summed E-state index contributed by atoms with van der Waals surface area (Å²) in [5.41, 5.74) is 2.82. The average Bonchev–Trinajstić information content (AvgIpc) is 3.05. The number of carbonyl (C=O) groups is 2. The van der Waals surface area contributed by atoms with E-state index in [4.69, 9.17) is 23.7 Å². The van der Waals surface area contributed by atoms with Gasteiger partial charge in [0.25, 0.3) is 0 Å². The maximum atomic E-state index is 13.0. The molecule has 2 atom stereocenters. The highest BCUT2D eigenvalue weighted by Gasteiger charge is 2.35. The molecule has 8 heteroatoms. The van der Waals surface area contributed by atoms with Gasteiger partial charge in [0.1, 0.15) is 23.7 Å². The lowest BCUT2D eigenvalue weighted by molar-refractivity contribution is -0.0359. The van der Waals surface area contributed by atoms with Crippen LogP contribution in [0.5, 0.6) is 11.5 Å². The fourth-order valence-corrected chi connectivity index (χ4v) is 5.51. The molecule has 236 valence electrons. The third kappa shape index (κ3) is 8.34. The molecule has 0 bridgehead atoms. The number of piperidine rings is 1. The lowest BCUT2D eigenvalue weighted by Crippen LogP contribution is -2.48. The summed E-state index contributed by atoms with van der Waals surface area (Å²) in [6.07, 6.45) is 0.170. The van der Waals surface area contributed by atoms with Gasteiger partial charge in [-0.2, -0.15) is 0 Å². The van der Waals surface area contributed by atoms with E-state index in [9.17, 15) is 9.59 Å². The molecule has 0 aromatic heterocycles. The van der Waals surface area contributed by atoms with Gasteiger partial charge in [-0.25, -0.2) is 9.59 Å². The second-order valence-corrected chi connectivity index (χ2v) is 12.3. The third-order valence-electron chi connectivity index (χ3n) is 7.85. The van der Waals surface area contributed by atoms with E-state index in [2.05, 4.69) is 42.5 Å². The van der Waals surface area contributed by atoms with Crippen molar-refractivity contribution in [2.75, 3.05) is 27.3 Å². The molecule has 1 saturated heterocycles. The molecule has 0 saturated carbocycles. The molecule has 1 fully saturated rings. The lowest BCUT2D eigenvalue weighted by atomic mass is 9.86. The minimum Gasteiger partial charge on any atom is -0.497 e. The monoisotopic (exact) mass is 611 g/mol. The standard InChI is InChI=1S/C37H41NO7/c1-37(2,3)45-36(40)38-17-16-33(34(22-38)43-24-26-12-13-27-8-6-7-9-29(27)18-26)28-14-10-25(11-15-28)23-44-35(39)30-19-31(41-4)21-32(20-30)42-5/h6-15,18-21,33-34H,16-17,22-24H2,1-5H3. The summed E-state index contributed by atoms with van der Waals surface area (Å²) in [6, 6.07) is 27.6. The van der Waals surface area contributed by atoms with Gasteiger partial charge in [-0.3, -0.25) is 0 Å². The van der Waals surface area contributed by atoms with E-state index in [1.165, 1.54) is 19.6 Å². The van der Waals surface area contributed by atoms with Crippen LogP contribution in [0, 0.1) is 0 Å². The zero-order valence-corrected chi connectivity index (χ0v) is 26.6. The highest BCUT2D eigenvalue weighted by molar-refractivity contribution is 5.90. The number of hydrogen-bond donors (Lipinski definition) is 0. The molecular formula is C37H41NO7. The Hall–Kier alpha value is -4.56. The van der Waals surface area contributed by atoms with Gasteiger partial charge < -0.3 is 28.6 Å². The van der Waals surface area contributed by atoms with Crippen molar-refractivity contribution in [1.29, 1.82) is 0 Å². The molecule has 4 aromatic carbocycles. The summed E-state index contributed by atoms with van der Waals surface area (Å²) >= 11 is 0. The van der Waals surface area contributed by atoms with Crippen LogP contribution in [-0.4, -0.2) is 56.0 Å². The molecule has 1 amide bonds. The number of ether oxygens (including phenoxy) is 5. The molecule has 1 aliphatic rings. The zero-order chi connectivity index (χ0) is 32.0. The Bertz CT molecular complexity index is 1600. The second kappa shape index (κ2) is 14.0. The van der Waals surface area contributed by atoms with Crippen LogP contribution in [0.15, 0.2) is 84.9 Å². The highest BCUT2D eigenvalue weighted by atomic mass is 16.6. The first kappa shape index (κ1) is 31.9. The number of nitrogens with zero attached hydrogens (tertiary/aromatic N) is 1. The van der Waals surface area contributed by atoms with Crippen LogP contribution in [0.25, 0.3) is 10.8 Å². The van der Waals surface area contributed by atoms with E-state index in [0.29, 0.717) is 36.8 Å². The smallest absolute Gasteiger partial charge is 0.410 e. The molecule has 45 heavy (non-hydrogen) atoms. The molecule has 5 rings (SSSR count). The van der Waals surface area contributed by atoms with Crippen molar-refractivity contribution < 1.29 is 33.3 Å². The van der Waals surface area contributed by atoms with Crippen molar-refractivity contribution in [3.05, 3.63) is 107 Å². The quantitative estimate of drug-likeness (QED) is 0.181. The average molecular weight is 612 g/mol. The summed E-state index contributed by atoms with van der Waals surface area (Å²) in [7, 11) is 3.07. The fraction of sp³-hybridized carbons (Fsp3) is 0.351. The van der Waals surface area contributed by atoms with Crippen LogP contribution in [0.1, 0.15) is 60.2 Å². The summed E-state index contributed by atoms with van der Waals surface area (Å²) in [5, 5.41) is 2.35. The SMILES string of the molecule is COc1cc(OC)cc(C(=O)OCc2ccc(C3CCN(C(=O)OC(C)(C)C)CC3OCc3ccc4ccccc4c3)cc2)c1. The predicted molar refractivity (Wildman–Crippen MR) is 173 cm³/mol. The Kier molecular flexibility index (Phi) is 9.93. The maximum absolute atomic E-state index is 13.0. The number of likely N-dealkylation sites (tertiary alicyclic amines) is 1. The number of hydrogen-bond acceptors (Lipinski definition) is 7. The Morgan fingerprint density at radius 1 is 0.800 bits per heavy atom. The Morgan fingerprint density at radius 3 is 2.13 bits per heavy atom. The van der Waals surface area contributed by atoms with E-state index in [-0.39, 0.29) is 24.7 Å². The molecule has 0 N–H and O–H groups in total. The van der Waals surface area contributed by atoms with Crippen molar-refractivity contribution in [3.63, 3.8) is 0 Å². The second-order valence-electron chi connectivity index (χ2n) is 12.3. The topological polar surface area (TPSA) is 83.5 Å². The van der Waals surface area contributed by atoms with Crippen LogP contribution in [-0.2, 0) is 27.4 Å². The van der Waals surface area contributed by atoms with Crippen LogP contribution < -0.4 is 9.47 Å². The van der Waals surface area contributed by atoms with Gasteiger partial charge in [-0.1, -0.05) is 60.7 Å². The van der Waals surface area contributed by atoms with Crippen LogP contribution in [0.4, 0.5) is 4.79 Å². The lowest BCUT2D eigenvalue weighted by Gasteiger charge is -2.39. The summed E-state index contributed by atoms with van der Waals surface area (Å²) < 4.78 is 28.3. The molecule has 1 aliphatic heterocycles. The normalized spacial score (nSPS) is 16.7. The Morgan fingerprint density at radius 2 is 1.47 bits per heavy atom. The van der Waals surface area contributed by atoms with E-state index in [0.717, 1.165) is 28.5 Å². The largest absolute Gasteiger partial charge is 0.497 e. The summed E-state index contributed by atoms with van der Waals surface area (Å²) in [6.45, 7) is 7.16. The number of fused-ring (bicyclic) bond motifs is 1. The van der Waals surface area contributed by atoms with Gasteiger partial charge >= 0.3 is 12.1 Å². The molecule has 1 heterocycles. The summed E-state index contributed by atoms with van der Waals surface area (Å²) in [5.74, 6) is 0.638. The van der Waals surface area contributed by atoms with Gasteiger partial charge in [0.2, 0.25) is 0 Å². The molecular weight excluding hydrogens is 570 g/mol. The fourth-order valence-electron chi connectivity index (χ4n) is 5.51. The maximum Gasteiger partial charge on any atom is 0.410 e. The number of carbonyl (C=O) groups excluding carboxylic acids is 2. The van der Waals surface area contributed by atoms with Gasteiger partial charge in [-0.15, -0.1) is 0 Å². The van der Waals surface area contributed by atoms with Crippen LogP contribution in [0.3, 0.4) is 0 Å².